The summed E-state index contributed by atoms with van der Waals surface area (Å²) in [5.41, 5.74) is 1.14. The number of carbonyl (C=O) groups excluding carboxylic acids is 4. The summed E-state index contributed by atoms with van der Waals surface area (Å²) in [6.07, 6.45) is 2.01. The predicted octanol–water partition coefficient (Wildman–Crippen LogP) is 2.20. The molecule has 2 aromatic rings. The van der Waals surface area contributed by atoms with Crippen LogP contribution in [-0.4, -0.2) is 48.3 Å². The molecular formula is C21H25N3O6. The second-order valence-electron chi connectivity index (χ2n) is 6.45. The maximum Gasteiger partial charge on any atom is 0.306 e. The van der Waals surface area contributed by atoms with Crippen LogP contribution in [-0.2, 0) is 30.3 Å². The number of likely N-dealkylation sites (N-methyl/N-ethyl adjacent to an activating group) is 1. The number of nitrogens with one attached hydrogen (secondary N) is 2. The average molecular weight is 415 g/mol. The average Bonchev–Trinajstić information content (AvgIpc) is 3.23. The number of hydrogen-bond acceptors (Lipinski definition) is 6. The minimum absolute atomic E-state index is 0.0991. The fourth-order valence-electron chi connectivity index (χ4n) is 2.58. The van der Waals surface area contributed by atoms with Gasteiger partial charge in [0, 0.05) is 31.3 Å². The van der Waals surface area contributed by atoms with Crippen molar-refractivity contribution in [2.45, 2.75) is 26.7 Å². The van der Waals surface area contributed by atoms with Gasteiger partial charge in [0.2, 0.25) is 11.8 Å². The summed E-state index contributed by atoms with van der Waals surface area (Å²) in [5, 5.41) is 5.31. The predicted molar refractivity (Wildman–Crippen MR) is 110 cm³/mol. The molecule has 30 heavy (non-hydrogen) atoms. The van der Waals surface area contributed by atoms with Crippen LogP contribution < -0.4 is 10.6 Å². The van der Waals surface area contributed by atoms with Crippen LogP contribution >= 0.6 is 0 Å². The van der Waals surface area contributed by atoms with E-state index in [4.69, 9.17) is 9.15 Å². The van der Waals surface area contributed by atoms with E-state index in [0.717, 1.165) is 0 Å². The van der Waals surface area contributed by atoms with Crippen LogP contribution in [0.1, 0.15) is 26.0 Å². The lowest BCUT2D eigenvalue weighted by atomic mass is 10.2. The normalized spacial score (nSPS) is 10.2. The molecule has 2 N–H and O–H groups in total. The molecule has 9 heteroatoms. The van der Waals surface area contributed by atoms with E-state index in [1.165, 1.54) is 18.1 Å². The molecule has 3 amide bonds. The largest absolute Gasteiger partial charge is 0.469 e. The molecule has 0 saturated carbocycles. The van der Waals surface area contributed by atoms with Crippen molar-refractivity contribution in [2.24, 2.45) is 0 Å². The van der Waals surface area contributed by atoms with Gasteiger partial charge in [-0.25, -0.2) is 0 Å². The maximum absolute atomic E-state index is 12.3. The third-order valence-corrected chi connectivity index (χ3v) is 4.07. The molecule has 0 atom stereocenters. The minimum atomic E-state index is -0.514. The zero-order valence-corrected chi connectivity index (χ0v) is 17.0. The van der Waals surface area contributed by atoms with Crippen molar-refractivity contribution in [3.05, 3.63) is 48.4 Å². The first kappa shape index (κ1) is 22.7. The van der Waals surface area contributed by atoms with E-state index in [0.29, 0.717) is 23.6 Å². The van der Waals surface area contributed by atoms with Gasteiger partial charge in [0.05, 0.1) is 19.2 Å². The number of hydrogen-bond donors (Lipinski definition) is 2. The van der Waals surface area contributed by atoms with Crippen molar-refractivity contribution in [2.75, 3.05) is 30.3 Å². The van der Waals surface area contributed by atoms with E-state index < -0.39 is 18.5 Å². The van der Waals surface area contributed by atoms with Gasteiger partial charge in [-0.15, -0.1) is 0 Å². The van der Waals surface area contributed by atoms with E-state index in [9.17, 15) is 19.2 Å². The lowest BCUT2D eigenvalue weighted by Gasteiger charge is -2.20. The monoisotopic (exact) mass is 415 g/mol. The van der Waals surface area contributed by atoms with Crippen LogP contribution in [0.15, 0.2) is 47.1 Å². The molecule has 9 nitrogen and oxygen atoms in total. The number of nitrogens with zero attached hydrogens (tertiary/aromatic N) is 1. The first-order chi connectivity index (χ1) is 14.4. The third-order valence-electron chi connectivity index (χ3n) is 4.07. The second kappa shape index (κ2) is 11.4. The molecule has 0 saturated heterocycles. The van der Waals surface area contributed by atoms with Crippen molar-refractivity contribution in [3.63, 3.8) is 0 Å². The highest BCUT2D eigenvalue weighted by Crippen LogP contribution is 2.13. The Morgan fingerprint density at radius 2 is 1.70 bits per heavy atom. The molecule has 2 rings (SSSR count). The number of benzene rings is 1. The Bertz CT molecular complexity index is 861. The molecule has 1 aromatic heterocycles. The fourth-order valence-corrected chi connectivity index (χ4v) is 2.58. The number of anilines is 2. The number of rotatable bonds is 10. The van der Waals surface area contributed by atoms with Gasteiger partial charge in [0.15, 0.2) is 6.61 Å². The highest BCUT2D eigenvalue weighted by molar-refractivity contribution is 5.95. The topological polar surface area (TPSA) is 118 Å². The summed E-state index contributed by atoms with van der Waals surface area (Å²) >= 11 is 0. The molecule has 0 radical (unpaired) electrons. The zero-order chi connectivity index (χ0) is 21.9. The quantitative estimate of drug-likeness (QED) is 0.575. The van der Waals surface area contributed by atoms with Gasteiger partial charge in [-0.2, -0.15) is 0 Å². The molecule has 0 unspecified atom stereocenters. The summed E-state index contributed by atoms with van der Waals surface area (Å²) in [5.74, 6) is -0.887. The Morgan fingerprint density at radius 3 is 2.27 bits per heavy atom. The first-order valence-corrected chi connectivity index (χ1v) is 9.50. The molecule has 160 valence electrons. The Balaban J connectivity index is 1.75. The van der Waals surface area contributed by atoms with Gasteiger partial charge in [0.25, 0.3) is 5.91 Å². The lowest BCUT2D eigenvalue weighted by Crippen LogP contribution is -2.40. The van der Waals surface area contributed by atoms with Gasteiger partial charge in [0.1, 0.15) is 5.76 Å². The molecule has 0 bridgehead atoms. The number of amides is 3. The van der Waals surface area contributed by atoms with E-state index in [-0.39, 0.29) is 31.3 Å². The fraction of sp³-hybridized carbons (Fsp3) is 0.333. The number of carbonyl (C=O) groups is 4. The summed E-state index contributed by atoms with van der Waals surface area (Å²) in [4.78, 5) is 48.6. The third kappa shape index (κ3) is 7.78. The number of aryl methyl sites for hydroxylation is 1. The Kier molecular flexibility index (Phi) is 8.61. The number of furan rings is 1. The van der Waals surface area contributed by atoms with Crippen molar-refractivity contribution >= 4 is 35.1 Å². The van der Waals surface area contributed by atoms with E-state index in [1.54, 1.807) is 43.3 Å². The van der Waals surface area contributed by atoms with Gasteiger partial charge >= 0.3 is 5.97 Å². The van der Waals surface area contributed by atoms with Gasteiger partial charge in [-0.1, -0.05) is 0 Å². The van der Waals surface area contributed by atoms with Gasteiger partial charge in [-0.3, -0.25) is 19.2 Å². The van der Waals surface area contributed by atoms with E-state index in [1.807, 2.05) is 0 Å². The van der Waals surface area contributed by atoms with Crippen molar-refractivity contribution in [1.82, 2.24) is 4.90 Å². The van der Waals surface area contributed by atoms with Crippen LogP contribution in [0, 0.1) is 0 Å². The molecule has 1 aromatic carbocycles. The molecule has 0 aliphatic carbocycles. The highest BCUT2D eigenvalue weighted by Gasteiger charge is 2.17. The summed E-state index contributed by atoms with van der Waals surface area (Å²) in [6.45, 7) is 2.82. The van der Waals surface area contributed by atoms with Crippen LogP contribution in [0.3, 0.4) is 0 Å². The summed E-state index contributed by atoms with van der Waals surface area (Å²) in [6, 6.07) is 10.1. The molecular weight excluding hydrogens is 390 g/mol. The zero-order valence-electron chi connectivity index (χ0n) is 17.0. The van der Waals surface area contributed by atoms with Gasteiger partial charge in [-0.05, 0) is 43.3 Å². The molecule has 1 heterocycles. The Labute approximate surface area is 174 Å². The van der Waals surface area contributed by atoms with Crippen molar-refractivity contribution in [3.8, 4) is 0 Å². The molecule has 0 spiro atoms. The van der Waals surface area contributed by atoms with Crippen LogP contribution in [0.2, 0.25) is 0 Å². The smallest absolute Gasteiger partial charge is 0.306 e. The highest BCUT2D eigenvalue weighted by atomic mass is 16.5. The van der Waals surface area contributed by atoms with Crippen LogP contribution in [0.4, 0.5) is 11.4 Å². The minimum Gasteiger partial charge on any atom is -0.469 e. The molecule has 0 fully saturated rings. The Hall–Kier alpha value is -3.62. The molecule has 0 aliphatic rings. The number of esters is 1. The maximum atomic E-state index is 12.3. The van der Waals surface area contributed by atoms with Crippen LogP contribution in [0.25, 0.3) is 0 Å². The van der Waals surface area contributed by atoms with E-state index >= 15 is 0 Å². The van der Waals surface area contributed by atoms with Gasteiger partial charge < -0.3 is 24.7 Å². The lowest BCUT2D eigenvalue weighted by molar-refractivity contribution is -0.152. The number of ether oxygens (including phenoxy) is 1. The first-order valence-electron chi connectivity index (χ1n) is 9.50. The SMILES string of the molecule is CCN(CC(=O)Nc1ccc(NC(C)=O)cc1)C(=O)COC(=O)CCc1ccco1. The van der Waals surface area contributed by atoms with Crippen LogP contribution in [0.5, 0.6) is 0 Å². The second-order valence-corrected chi connectivity index (χ2v) is 6.45. The van der Waals surface area contributed by atoms with E-state index in [2.05, 4.69) is 10.6 Å². The van der Waals surface area contributed by atoms with Crippen molar-refractivity contribution < 1.29 is 28.3 Å². The Morgan fingerprint density at radius 1 is 1.03 bits per heavy atom. The standard InChI is InChI=1S/C21H25N3O6/c1-3-24(20(27)14-30-21(28)11-10-18-5-4-12-29-18)13-19(26)23-17-8-6-16(7-9-17)22-15(2)25/h4-9,12H,3,10-11,13-14H2,1-2H3,(H,22,25)(H,23,26). The summed E-state index contributed by atoms with van der Waals surface area (Å²) in [7, 11) is 0. The summed E-state index contributed by atoms with van der Waals surface area (Å²) < 4.78 is 10.1. The molecule has 0 aliphatic heterocycles. The van der Waals surface area contributed by atoms with Crippen molar-refractivity contribution in [1.29, 1.82) is 0 Å².